The second kappa shape index (κ2) is 7.51. The van der Waals surface area contributed by atoms with Crippen molar-refractivity contribution in [3.05, 3.63) is 23.8 Å². The molecule has 3 rings (SSSR count). The van der Waals surface area contributed by atoms with Crippen LogP contribution in [0.1, 0.15) is 30.9 Å². The number of esters is 1. The monoisotopic (exact) mass is 333 g/mol. The molecular formula is C18H27N3O3. The number of aliphatic hydroxyl groups is 1. The van der Waals surface area contributed by atoms with Crippen LogP contribution in [0.5, 0.6) is 5.75 Å². The van der Waals surface area contributed by atoms with Crippen molar-refractivity contribution in [3.8, 4) is 5.75 Å². The Morgan fingerprint density at radius 1 is 1.38 bits per heavy atom. The molecule has 2 aliphatic rings. The Morgan fingerprint density at radius 3 is 2.83 bits per heavy atom. The van der Waals surface area contributed by atoms with Gasteiger partial charge in [0, 0.05) is 12.6 Å². The van der Waals surface area contributed by atoms with E-state index in [1.54, 1.807) is 6.07 Å². The number of hydrogen-bond acceptors (Lipinski definition) is 6. The minimum Gasteiger partial charge on any atom is -0.423 e. The fourth-order valence-corrected chi connectivity index (χ4v) is 3.44. The summed E-state index contributed by atoms with van der Waals surface area (Å²) in [4.78, 5) is 16.0. The van der Waals surface area contributed by atoms with Gasteiger partial charge in [-0.3, -0.25) is 0 Å². The van der Waals surface area contributed by atoms with Crippen molar-refractivity contribution in [2.45, 2.75) is 31.4 Å². The van der Waals surface area contributed by atoms with E-state index in [0.717, 1.165) is 30.9 Å². The Labute approximate surface area is 143 Å². The van der Waals surface area contributed by atoms with Gasteiger partial charge in [-0.25, -0.2) is 4.79 Å². The molecule has 2 aliphatic heterocycles. The lowest BCUT2D eigenvalue weighted by Gasteiger charge is -2.35. The molecule has 0 aromatic heterocycles. The van der Waals surface area contributed by atoms with E-state index >= 15 is 0 Å². The number of nitrogens with zero attached hydrogens (tertiary/aromatic N) is 2. The topological polar surface area (TPSA) is 65.0 Å². The highest BCUT2D eigenvalue weighted by Gasteiger charge is 2.22. The molecule has 24 heavy (non-hydrogen) atoms. The van der Waals surface area contributed by atoms with Gasteiger partial charge in [0.1, 0.15) is 6.54 Å². The molecule has 1 fully saturated rings. The fourth-order valence-electron chi connectivity index (χ4n) is 3.44. The number of anilines is 1. The number of carbonyl (C=O) groups is 1. The molecule has 0 spiro atoms. The third kappa shape index (κ3) is 4.06. The maximum absolute atomic E-state index is 11.2. The summed E-state index contributed by atoms with van der Waals surface area (Å²) in [7, 11) is 4.29. The maximum atomic E-state index is 11.2. The summed E-state index contributed by atoms with van der Waals surface area (Å²) in [6.07, 6.45) is 2.60. The van der Waals surface area contributed by atoms with Crippen molar-refractivity contribution in [2.24, 2.45) is 0 Å². The van der Waals surface area contributed by atoms with Crippen molar-refractivity contribution in [3.63, 3.8) is 0 Å². The minimum absolute atomic E-state index is 0.174. The van der Waals surface area contributed by atoms with Crippen molar-refractivity contribution >= 4 is 11.7 Å². The molecule has 2 heterocycles. The van der Waals surface area contributed by atoms with E-state index in [1.165, 1.54) is 12.8 Å². The second-order valence-corrected chi connectivity index (χ2v) is 6.92. The first-order valence-corrected chi connectivity index (χ1v) is 8.68. The number of carbonyl (C=O) groups excluding carboxylic acids is 1. The third-order valence-corrected chi connectivity index (χ3v) is 5.04. The number of ether oxygens (including phenoxy) is 1. The molecule has 6 nitrogen and oxygen atoms in total. The standard InChI is InChI=1S/C18H27N3O3/c1-20(2)14-5-8-21(9-6-14)10-7-16(22)13-3-4-17-15(11-13)19-12-18(23)24-17/h3-4,11,14,16,19,22H,5-10,12H2,1-2H3. The highest BCUT2D eigenvalue weighted by molar-refractivity contribution is 5.83. The summed E-state index contributed by atoms with van der Waals surface area (Å²) in [6.45, 7) is 3.27. The highest BCUT2D eigenvalue weighted by Crippen LogP contribution is 2.31. The van der Waals surface area contributed by atoms with Gasteiger partial charge in [-0.2, -0.15) is 0 Å². The van der Waals surface area contributed by atoms with Crippen molar-refractivity contribution < 1.29 is 14.6 Å². The van der Waals surface area contributed by atoms with E-state index in [-0.39, 0.29) is 12.5 Å². The lowest BCUT2D eigenvalue weighted by molar-refractivity contribution is -0.132. The van der Waals surface area contributed by atoms with Crippen molar-refractivity contribution in [1.82, 2.24) is 9.80 Å². The normalized spacial score (nSPS) is 20.4. The van der Waals surface area contributed by atoms with Gasteiger partial charge in [-0.15, -0.1) is 0 Å². The SMILES string of the molecule is CN(C)C1CCN(CCC(O)c2ccc3c(c2)NCC(=O)O3)CC1. The number of rotatable bonds is 5. The number of aliphatic hydroxyl groups excluding tert-OH is 1. The number of benzene rings is 1. The number of likely N-dealkylation sites (tertiary alicyclic amines) is 1. The molecule has 0 saturated carbocycles. The molecule has 2 N–H and O–H groups in total. The summed E-state index contributed by atoms with van der Waals surface area (Å²) in [6, 6.07) is 6.15. The Bertz CT molecular complexity index is 583. The molecule has 0 radical (unpaired) electrons. The van der Waals surface area contributed by atoms with Crippen LogP contribution in [0.4, 0.5) is 5.69 Å². The summed E-state index contributed by atoms with van der Waals surface area (Å²) in [5.74, 6) is 0.255. The van der Waals surface area contributed by atoms with Gasteiger partial charge in [-0.1, -0.05) is 6.07 Å². The van der Waals surface area contributed by atoms with Gasteiger partial charge in [0.15, 0.2) is 5.75 Å². The maximum Gasteiger partial charge on any atom is 0.330 e. The van der Waals surface area contributed by atoms with Gasteiger partial charge in [-0.05, 0) is 64.1 Å². The number of fused-ring (bicyclic) bond motifs is 1. The van der Waals surface area contributed by atoms with Gasteiger partial charge in [0.05, 0.1) is 11.8 Å². The predicted molar refractivity (Wildman–Crippen MR) is 93.3 cm³/mol. The molecule has 1 saturated heterocycles. The van der Waals surface area contributed by atoms with E-state index in [0.29, 0.717) is 18.2 Å². The quantitative estimate of drug-likeness (QED) is 0.628. The lowest BCUT2D eigenvalue weighted by Crippen LogP contribution is -2.42. The zero-order valence-electron chi connectivity index (χ0n) is 14.5. The minimum atomic E-state index is -0.499. The first kappa shape index (κ1) is 17.2. The predicted octanol–water partition coefficient (Wildman–Crippen LogP) is 1.47. The van der Waals surface area contributed by atoms with Gasteiger partial charge in [0.25, 0.3) is 0 Å². The smallest absolute Gasteiger partial charge is 0.330 e. The van der Waals surface area contributed by atoms with E-state index in [2.05, 4.69) is 29.2 Å². The average Bonchev–Trinajstić information content (AvgIpc) is 2.59. The molecule has 0 aliphatic carbocycles. The molecule has 132 valence electrons. The molecule has 1 atom stereocenters. The largest absolute Gasteiger partial charge is 0.423 e. The number of hydrogen-bond donors (Lipinski definition) is 2. The van der Waals surface area contributed by atoms with E-state index in [9.17, 15) is 9.90 Å². The van der Waals surface area contributed by atoms with Crippen LogP contribution >= 0.6 is 0 Å². The van der Waals surface area contributed by atoms with Crippen LogP contribution in [-0.4, -0.2) is 67.2 Å². The number of piperidine rings is 1. The molecule has 1 aromatic rings. The van der Waals surface area contributed by atoms with Crippen LogP contribution < -0.4 is 10.1 Å². The van der Waals surface area contributed by atoms with Crippen LogP contribution in [0.25, 0.3) is 0 Å². The van der Waals surface area contributed by atoms with E-state index in [4.69, 9.17) is 4.74 Å². The number of nitrogens with one attached hydrogen (secondary N) is 1. The molecule has 6 heteroatoms. The van der Waals surface area contributed by atoms with Crippen LogP contribution in [0.2, 0.25) is 0 Å². The van der Waals surface area contributed by atoms with Gasteiger partial charge < -0.3 is 25.0 Å². The zero-order valence-corrected chi connectivity index (χ0v) is 14.5. The summed E-state index contributed by atoms with van der Waals surface area (Å²) in [5, 5.41) is 13.5. The van der Waals surface area contributed by atoms with Gasteiger partial charge in [0.2, 0.25) is 0 Å². The van der Waals surface area contributed by atoms with Crippen molar-refractivity contribution in [1.29, 1.82) is 0 Å². The highest BCUT2D eigenvalue weighted by atomic mass is 16.5. The molecule has 0 bridgehead atoms. The lowest BCUT2D eigenvalue weighted by atomic mass is 10.0. The Morgan fingerprint density at radius 2 is 2.12 bits per heavy atom. The molecule has 0 amide bonds. The van der Waals surface area contributed by atoms with Crippen molar-refractivity contribution in [2.75, 3.05) is 45.6 Å². The van der Waals surface area contributed by atoms with E-state index < -0.39 is 6.10 Å². The Balaban J connectivity index is 1.51. The Hall–Kier alpha value is -1.63. The molecular weight excluding hydrogens is 306 g/mol. The van der Waals surface area contributed by atoms with Crippen LogP contribution in [-0.2, 0) is 4.79 Å². The van der Waals surface area contributed by atoms with Gasteiger partial charge >= 0.3 is 5.97 Å². The van der Waals surface area contributed by atoms with Crippen LogP contribution in [0, 0.1) is 0 Å². The fraction of sp³-hybridized carbons (Fsp3) is 0.611. The first-order chi connectivity index (χ1) is 11.5. The Kier molecular flexibility index (Phi) is 5.38. The third-order valence-electron chi connectivity index (χ3n) is 5.04. The summed E-state index contributed by atoms with van der Waals surface area (Å²) < 4.78 is 5.16. The average molecular weight is 333 g/mol. The first-order valence-electron chi connectivity index (χ1n) is 8.68. The summed E-state index contributed by atoms with van der Waals surface area (Å²) >= 11 is 0. The molecule has 1 aromatic carbocycles. The van der Waals surface area contributed by atoms with Crippen LogP contribution in [0.15, 0.2) is 18.2 Å². The van der Waals surface area contributed by atoms with E-state index in [1.807, 2.05) is 12.1 Å². The van der Waals surface area contributed by atoms with Crippen LogP contribution in [0.3, 0.4) is 0 Å². The molecule has 1 unspecified atom stereocenters. The zero-order chi connectivity index (χ0) is 17.1. The summed E-state index contributed by atoms with van der Waals surface area (Å²) in [5.41, 5.74) is 1.64. The second-order valence-electron chi connectivity index (χ2n) is 6.92.